The number of hydrogen-bond acceptors (Lipinski definition) is 5. The molecule has 3 aromatic rings. The Morgan fingerprint density at radius 3 is 2.80 bits per heavy atom. The zero-order valence-corrected chi connectivity index (χ0v) is 16.1. The molecule has 1 aliphatic rings. The average Bonchev–Trinajstić information content (AvgIpc) is 3.00. The summed E-state index contributed by atoms with van der Waals surface area (Å²) in [5.41, 5.74) is 1.97. The molecule has 0 aliphatic carbocycles. The highest BCUT2D eigenvalue weighted by Gasteiger charge is 2.26. The molecule has 1 aromatic carbocycles. The molecule has 0 unspecified atom stereocenters. The van der Waals surface area contributed by atoms with Crippen LogP contribution in [0.3, 0.4) is 0 Å². The van der Waals surface area contributed by atoms with Crippen LogP contribution in [0.25, 0.3) is 11.0 Å². The van der Waals surface area contributed by atoms with Crippen LogP contribution in [-0.2, 0) is 6.54 Å². The van der Waals surface area contributed by atoms with E-state index in [0.717, 1.165) is 47.0 Å². The highest BCUT2D eigenvalue weighted by atomic mass is 79.9. The number of hydrogen-bond donors (Lipinski definition) is 1. The van der Waals surface area contributed by atoms with Crippen LogP contribution in [0.2, 0.25) is 5.02 Å². The van der Waals surface area contributed by atoms with Gasteiger partial charge in [-0.05, 0) is 40.5 Å². The number of H-pyrrole nitrogens is 1. The number of halogens is 2. The minimum absolute atomic E-state index is 0.417. The van der Waals surface area contributed by atoms with Gasteiger partial charge in [0.1, 0.15) is 16.7 Å². The number of nitrogens with zero attached hydrogens (tertiary/aromatic N) is 5. The number of nitrogens with one attached hydrogen (secondary N) is 1. The summed E-state index contributed by atoms with van der Waals surface area (Å²) in [5, 5.41) is 8.85. The van der Waals surface area contributed by atoms with Gasteiger partial charge in [-0.25, -0.2) is 9.97 Å². The molecule has 2 aromatic heterocycles. The van der Waals surface area contributed by atoms with E-state index in [2.05, 4.69) is 65.0 Å². The number of piperazine rings is 1. The van der Waals surface area contributed by atoms with Gasteiger partial charge in [0.25, 0.3) is 0 Å². The molecule has 1 N–H and O–H groups in total. The van der Waals surface area contributed by atoms with Crippen molar-refractivity contribution in [1.29, 1.82) is 0 Å². The van der Waals surface area contributed by atoms with Gasteiger partial charge in [-0.15, -0.1) is 0 Å². The van der Waals surface area contributed by atoms with Crippen molar-refractivity contribution in [3.05, 3.63) is 45.8 Å². The van der Waals surface area contributed by atoms with Crippen LogP contribution in [0.4, 0.5) is 5.82 Å². The molecule has 4 rings (SSSR count). The molecule has 1 saturated heterocycles. The number of aromatic nitrogens is 4. The predicted molar refractivity (Wildman–Crippen MR) is 103 cm³/mol. The van der Waals surface area contributed by atoms with Crippen molar-refractivity contribution in [2.24, 2.45) is 0 Å². The molecule has 1 aliphatic heterocycles. The summed E-state index contributed by atoms with van der Waals surface area (Å²) < 4.78 is 0.828. The molecule has 0 amide bonds. The highest BCUT2D eigenvalue weighted by Crippen LogP contribution is 2.29. The van der Waals surface area contributed by atoms with Gasteiger partial charge >= 0.3 is 0 Å². The molecule has 0 spiro atoms. The van der Waals surface area contributed by atoms with E-state index in [4.69, 9.17) is 11.6 Å². The van der Waals surface area contributed by atoms with Crippen LogP contribution >= 0.6 is 27.5 Å². The fourth-order valence-electron chi connectivity index (χ4n) is 3.29. The SMILES string of the molecule is C[C@H]1CN(c2ncnc3n[nH]c(Br)c23)CCN1Cc1ccc(Cl)cc1. The van der Waals surface area contributed by atoms with E-state index >= 15 is 0 Å². The van der Waals surface area contributed by atoms with Gasteiger partial charge in [-0.3, -0.25) is 10.00 Å². The Kier molecular flexibility index (Phi) is 4.62. The van der Waals surface area contributed by atoms with Crippen LogP contribution in [0.1, 0.15) is 12.5 Å². The molecule has 25 heavy (non-hydrogen) atoms. The molecule has 0 saturated carbocycles. The average molecular weight is 422 g/mol. The summed E-state index contributed by atoms with van der Waals surface area (Å²) in [6.07, 6.45) is 1.58. The van der Waals surface area contributed by atoms with Gasteiger partial charge in [0.15, 0.2) is 5.65 Å². The van der Waals surface area contributed by atoms with E-state index in [0.29, 0.717) is 11.7 Å². The van der Waals surface area contributed by atoms with Crippen molar-refractivity contribution in [1.82, 2.24) is 25.1 Å². The molecule has 0 radical (unpaired) electrons. The van der Waals surface area contributed by atoms with E-state index < -0.39 is 0 Å². The van der Waals surface area contributed by atoms with E-state index in [-0.39, 0.29) is 0 Å². The monoisotopic (exact) mass is 420 g/mol. The van der Waals surface area contributed by atoms with Crippen molar-refractivity contribution in [3.63, 3.8) is 0 Å². The minimum Gasteiger partial charge on any atom is -0.353 e. The van der Waals surface area contributed by atoms with Gasteiger partial charge in [0, 0.05) is 37.2 Å². The molecule has 6 nitrogen and oxygen atoms in total. The second-order valence-corrected chi connectivity index (χ2v) is 7.55. The maximum Gasteiger partial charge on any atom is 0.187 e. The Balaban J connectivity index is 1.51. The van der Waals surface area contributed by atoms with Crippen molar-refractivity contribution in [2.45, 2.75) is 19.5 Å². The van der Waals surface area contributed by atoms with Crippen LogP contribution in [-0.4, -0.2) is 50.7 Å². The first-order chi connectivity index (χ1) is 12.1. The lowest BCUT2D eigenvalue weighted by atomic mass is 10.1. The minimum atomic E-state index is 0.417. The standard InChI is InChI=1S/C17H18BrClN6/c1-11-8-25(17-14-15(18)22-23-16(14)20-10-21-17)7-6-24(11)9-12-2-4-13(19)5-3-12/h2-5,10-11H,6-9H2,1H3,(H,20,21,22,23)/t11-/m0/s1. The highest BCUT2D eigenvalue weighted by molar-refractivity contribution is 9.10. The van der Waals surface area contributed by atoms with E-state index in [1.54, 1.807) is 6.33 Å². The summed E-state index contributed by atoms with van der Waals surface area (Å²) in [6, 6.07) is 8.51. The van der Waals surface area contributed by atoms with E-state index in [1.807, 2.05) is 12.1 Å². The normalized spacial score (nSPS) is 18.8. The first kappa shape index (κ1) is 16.8. The first-order valence-electron chi connectivity index (χ1n) is 8.20. The van der Waals surface area contributed by atoms with Crippen molar-refractivity contribution < 1.29 is 0 Å². The summed E-state index contributed by atoms with van der Waals surface area (Å²) in [6.45, 7) is 6.00. The fourth-order valence-corrected chi connectivity index (χ4v) is 3.86. The Bertz CT molecular complexity index is 880. The number of rotatable bonds is 3. The number of fused-ring (bicyclic) bond motifs is 1. The maximum atomic E-state index is 5.98. The third-order valence-corrected chi connectivity index (χ3v) is 5.48. The van der Waals surface area contributed by atoms with Gasteiger partial charge in [-0.2, -0.15) is 5.10 Å². The summed E-state index contributed by atoms with van der Waals surface area (Å²) in [7, 11) is 0. The summed E-state index contributed by atoms with van der Waals surface area (Å²) >= 11 is 9.49. The zero-order chi connectivity index (χ0) is 17.4. The first-order valence-corrected chi connectivity index (χ1v) is 9.37. The van der Waals surface area contributed by atoms with Crippen LogP contribution in [0, 0.1) is 0 Å². The molecule has 3 heterocycles. The Labute approximate surface area is 159 Å². The lowest BCUT2D eigenvalue weighted by Gasteiger charge is -2.40. The predicted octanol–water partition coefficient (Wildman–Crippen LogP) is 3.48. The van der Waals surface area contributed by atoms with Gasteiger partial charge in [-0.1, -0.05) is 23.7 Å². The van der Waals surface area contributed by atoms with E-state index in [9.17, 15) is 0 Å². The number of anilines is 1. The summed E-state index contributed by atoms with van der Waals surface area (Å²) in [5.74, 6) is 0.934. The summed E-state index contributed by atoms with van der Waals surface area (Å²) in [4.78, 5) is 13.5. The van der Waals surface area contributed by atoms with Crippen molar-refractivity contribution >= 4 is 44.4 Å². The van der Waals surface area contributed by atoms with Crippen molar-refractivity contribution in [2.75, 3.05) is 24.5 Å². The maximum absolute atomic E-state index is 5.98. The lowest BCUT2D eigenvalue weighted by Crippen LogP contribution is -2.51. The largest absolute Gasteiger partial charge is 0.353 e. The quantitative estimate of drug-likeness (QED) is 0.701. The smallest absolute Gasteiger partial charge is 0.187 e. The molecule has 1 fully saturated rings. The number of aromatic amines is 1. The molecular weight excluding hydrogens is 404 g/mol. The lowest BCUT2D eigenvalue weighted by molar-refractivity contribution is 0.180. The second-order valence-electron chi connectivity index (χ2n) is 6.33. The molecule has 0 bridgehead atoms. The fraction of sp³-hybridized carbons (Fsp3) is 0.353. The molecular formula is C17H18BrClN6. The number of benzene rings is 1. The molecule has 8 heteroatoms. The van der Waals surface area contributed by atoms with Gasteiger partial charge in [0.2, 0.25) is 0 Å². The Hall–Kier alpha value is -1.70. The van der Waals surface area contributed by atoms with Gasteiger partial charge < -0.3 is 4.90 Å². The van der Waals surface area contributed by atoms with Crippen LogP contribution < -0.4 is 4.90 Å². The second kappa shape index (κ2) is 6.90. The van der Waals surface area contributed by atoms with E-state index in [1.165, 1.54) is 5.56 Å². The molecule has 1 atom stereocenters. The zero-order valence-electron chi connectivity index (χ0n) is 13.8. The third-order valence-electron chi connectivity index (χ3n) is 4.65. The van der Waals surface area contributed by atoms with Crippen molar-refractivity contribution in [3.8, 4) is 0 Å². The Morgan fingerprint density at radius 1 is 1.24 bits per heavy atom. The topological polar surface area (TPSA) is 60.9 Å². The van der Waals surface area contributed by atoms with Gasteiger partial charge in [0.05, 0.1) is 5.39 Å². The third kappa shape index (κ3) is 3.36. The van der Waals surface area contributed by atoms with Crippen LogP contribution in [0.15, 0.2) is 35.2 Å². The Morgan fingerprint density at radius 2 is 2.04 bits per heavy atom. The molecule has 130 valence electrons. The van der Waals surface area contributed by atoms with Crippen LogP contribution in [0.5, 0.6) is 0 Å².